The van der Waals surface area contributed by atoms with E-state index >= 15 is 0 Å². The van der Waals surface area contributed by atoms with E-state index in [1.807, 2.05) is 32.9 Å². The van der Waals surface area contributed by atoms with Crippen LogP contribution in [0.1, 0.15) is 52.9 Å². The van der Waals surface area contributed by atoms with Gasteiger partial charge in [-0.1, -0.05) is 0 Å². The van der Waals surface area contributed by atoms with Gasteiger partial charge >= 0.3 is 0 Å². The largest absolute Gasteiger partial charge is 0.372 e. The molecule has 1 heterocycles. The normalized spacial score (nSPS) is 19.2. The molecule has 5 nitrogen and oxygen atoms in total. The molecule has 1 aliphatic heterocycles. The highest BCUT2D eigenvalue weighted by molar-refractivity contribution is 6.13. The Balaban J connectivity index is 1.62. The standard InChI is InChI=1S/C20H29N3O2/c1-19(2,3)22-18(25)20(11-12-20)17(24)21-15-7-9-16(10-8-15)23-13-5-4-6-14-23/h7-10H,4-6,11-14H2,1-3H3,(H,21,24)(H,22,25). The molecule has 3 rings (SSSR count). The minimum absolute atomic E-state index is 0.164. The van der Waals surface area contributed by atoms with Gasteiger partial charge in [-0.05, 0) is 77.1 Å². The summed E-state index contributed by atoms with van der Waals surface area (Å²) in [6, 6.07) is 7.96. The number of hydrogen-bond donors (Lipinski definition) is 2. The topological polar surface area (TPSA) is 61.4 Å². The maximum Gasteiger partial charge on any atom is 0.240 e. The minimum atomic E-state index is -0.890. The molecular weight excluding hydrogens is 314 g/mol. The van der Waals surface area contributed by atoms with E-state index in [0.29, 0.717) is 12.8 Å². The number of nitrogens with one attached hydrogen (secondary N) is 2. The lowest BCUT2D eigenvalue weighted by Gasteiger charge is -2.29. The zero-order valence-electron chi connectivity index (χ0n) is 15.5. The molecule has 2 aliphatic rings. The molecule has 0 spiro atoms. The second-order valence-electron chi connectivity index (χ2n) is 8.33. The maximum atomic E-state index is 12.6. The molecule has 2 fully saturated rings. The number of rotatable bonds is 4. The van der Waals surface area contributed by atoms with Crippen LogP contribution in [0.25, 0.3) is 0 Å². The summed E-state index contributed by atoms with van der Waals surface area (Å²) in [5, 5.41) is 5.86. The number of benzene rings is 1. The van der Waals surface area contributed by atoms with E-state index < -0.39 is 5.41 Å². The monoisotopic (exact) mass is 343 g/mol. The van der Waals surface area contributed by atoms with E-state index in [9.17, 15) is 9.59 Å². The third-order valence-corrected chi connectivity index (χ3v) is 4.95. The van der Waals surface area contributed by atoms with Crippen LogP contribution < -0.4 is 15.5 Å². The maximum absolute atomic E-state index is 12.6. The lowest BCUT2D eigenvalue weighted by molar-refractivity contribution is -0.135. The Kier molecular flexibility index (Phi) is 4.76. The molecule has 5 heteroatoms. The molecule has 0 atom stereocenters. The Hall–Kier alpha value is -2.04. The summed E-state index contributed by atoms with van der Waals surface area (Å²) in [6.45, 7) is 7.98. The van der Waals surface area contributed by atoms with E-state index in [0.717, 1.165) is 18.8 Å². The van der Waals surface area contributed by atoms with E-state index in [4.69, 9.17) is 0 Å². The Morgan fingerprint density at radius 2 is 1.56 bits per heavy atom. The predicted molar refractivity (Wildman–Crippen MR) is 101 cm³/mol. The van der Waals surface area contributed by atoms with Crippen molar-refractivity contribution in [1.82, 2.24) is 5.32 Å². The molecule has 1 saturated carbocycles. The quantitative estimate of drug-likeness (QED) is 0.825. The SMILES string of the molecule is CC(C)(C)NC(=O)C1(C(=O)Nc2ccc(N3CCCCC3)cc2)CC1. The van der Waals surface area contributed by atoms with Crippen molar-refractivity contribution < 1.29 is 9.59 Å². The van der Waals surface area contributed by atoms with Crippen LogP contribution in [-0.2, 0) is 9.59 Å². The fourth-order valence-electron chi connectivity index (χ4n) is 3.30. The molecule has 0 radical (unpaired) electrons. The Labute approximate surface area is 150 Å². The summed E-state index contributed by atoms with van der Waals surface area (Å²) in [7, 11) is 0. The molecule has 0 aromatic heterocycles. The Morgan fingerprint density at radius 3 is 2.08 bits per heavy atom. The molecule has 25 heavy (non-hydrogen) atoms. The minimum Gasteiger partial charge on any atom is -0.372 e. The number of carbonyl (C=O) groups excluding carboxylic acids is 2. The molecular formula is C20H29N3O2. The number of piperidine rings is 1. The van der Waals surface area contributed by atoms with Crippen molar-refractivity contribution in [3.8, 4) is 0 Å². The van der Waals surface area contributed by atoms with Crippen molar-refractivity contribution in [3.05, 3.63) is 24.3 Å². The van der Waals surface area contributed by atoms with Gasteiger partial charge in [0.2, 0.25) is 11.8 Å². The fourth-order valence-corrected chi connectivity index (χ4v) is 3.30. The van der Waals surface area contributed by atoms with Gasteiger partial charge < -0.3 is 15.5 Å². The molecule has 0 unspecified atom stereocenters. The Morgan fingerprint density at radius 1 is 0.960 bits per heavy atom. The average molecular weight is 343 g/mol. The first kappa shape index (κ1) is 17.8. The van der Waals surface area contributed by atoms with Gasteiger partial charge in [-0.3, -0.25) is 9.59 Å². The van der Waals surface area contributed by atoms with Gasteiger partial charge in [-0.15, -0.1) is 0 Å². The summed E-state index contributed by atoms with van der Waals surface area (Å²) in [5.74, 6) is -0.359. The van der Waals surface area contributed by atoms with Crippen LogP contribution in [0.2, 0.25) is 0 Å². The number of carbonyl (C=O) groups is 2. The van der Waals surface area contributed by atoms with Crippen LogP contribution in [0, 0.1) is 5.41 Å². The first-order valence-corrected chi connectivity index (χ1v) is 9.29. The molecule has 1 aromatic carbocycles. The van der Waals surface area contributed by atoms with Crippen LogP contribution in [0.4, 0.5) is 11.4 Å². The molecule has 1 aromatic rings. The van der Waals surface area contributed by atoms with Crippen LogP contribution in [0.15, 0.2) is 24.3 Å². The van der Waals surface area contributed by atoms with E-state index in [1.165, 1.54) is 24.9 Å². The summed E-state index contributed by atoms with van der Waals surface area (Å²) in [4.78, 5) is 27.5. The van der Waals surface area contributed by atoms with Crippen LogP contribution in [0.5, 0.6) is 0 Å². The van der Waals surface area contributed by atoms with Gasteiger partial charge in [-0.25, -0.2) is 0 Å². The lowest BCUT2D eigenvalue weighted by Crippen LogP contribution is -2.48. The van der Waals surface area contributed by atoms with Crippen molar-refractivity contribution in [2.75, 3.05) is 23.3 Å². The number of amides is 2. The lowest BCUT2D eigenvalue weighted by atomic mass is 10.0. The van der Waals surface area contributed by atoms with E-state index in [-0.39, 0.29) is 17.4 Å². The van der Waals surface area contributed by atoms with E-state index in [1.54, 1.807) is 0 Å². The number of anilines is 2. The highest BCUT2D eigenvalue weighted by Gasteiger charge is 2.57. The molecule has 2 amide bonds. The number of nitrogens with zero attached hydrogens (tertiary/aromatic N) is 1. The third kappa shape index (κ3) is 4.14. The van der Waals surface area contributed by atoms with Crippen LogP contribution in [0.3, 0.4) is 0 Å². The highest BCUT2D eigenvalue weighted by atomic mass is 16.2. The summed E-state index contributed by atoms with van der Waals surface area (Å²) in [5.41, 5.74) is 0.729. The average Bonchev–Trinajstić information content (AvgIpc) is 3.37. The van der Waals surface area contributed by atoms with Crippen molar-refractivity contribution in [3.63, 3.8) is 0 Å². The van der Waals surface area contributed by atoms with Crippen molar-refractivity contribution in [1.29, 1.82) is 0 Å². The van der Waals surface area contributed by atoms with Gasteiger partial charge in [0.05, 0.1) is 0 Å². The third-order valence-electron chi connectivity index (χ3n) is 4.95. The summed E-state index contributed by atoms with van der Waals surface area (Å²) in [6.07, 6.45) is 5.02. The van der Waals surface area contributed by atoms with E-state index in [2.05, 4.69) is 27.7 Å². The fraction of sp³-hybridized carbons (Fsp3) is 0.600. The van der Waals surface area contributed by atoms with Crippen molar-refractivity contribution in [2.45, 2.75) is 58.4 Å². The molecule has 1 aliphatic carbocycles. The second-order valence-corrected chi connectivity index (χ2v) is 8.33. The van der Waals surface area contributed by atoms with Gasteiger partial charge in [0.1, 0.15) is 5.41 Å². The molecule has 0 bridgehead atoms. The van der Waals surface area contributed by atoms with Crippen molar-refractivity contribution in [2.24, 2.45) is 5.41 Å². The second kappa shape index (κ2) is 6.70. The highest BCUT2D eigenvalue weighted by Crippen LogP contribution is 2.47. The first-order chi connectivity index (χ1) is 11.8. The van der Waals surface area contributed by atoms with Gasteiger partial charge in [-0.2, -0.15) is 0 Å². The van der Waals surface area contributed by atoms with Crippen LogP contribution in [-0.4, -0.2) is 30.4 Å². The predicted octanol–water partition coefficient (Wildman–Crippen LogP) is 3.31. The first-order valence-electron chi connectivity index (χ1n) is 9.29. The Bertz CT molecular complexity index is 636. The van der Waals surface area contributed by atoms with Crippen molar-refractivity contribution >= 4 is 23.2 Å². The smallest absolute Gasteiger partial charge is 0.240 e. The van der Waals surface area contributed by atoms with Gasteiger partial charge in [0.15, 0.2) is 0 Å². The molecule has 1 saturated heterocycles. The summed E-state index contributed by atoms with van der Waals surface area (Å²) >= 11 is 0. The molecule has 2 N–H and O–H groups in total. The van der Waals surface area contributed by atoms with Gasteiger partial charge in [0.25, 0.3) is 0 Å². The molecule has 136 valence electrons. The number of hydrogen-bond acceptors (Lipinski definition) is 3. The zero-order chi connectivity index (χ0) is 18.1. The zero-order valence-corrected chi connectivity index (χ0v) is 15.5. The van der Waals surface area contributed by atoms with Crippen LogP contribution >= 0.6 is 0 Å². The van der Waals surface area contributed by atoms with Gasteiger partial charge in [0, 0.05) is 30.0 Å². The summed E-state index contributed by atoms with van der Waals surface area (Å²) < 4.78 is 0.